The molecule has 6 heteroatoms. The smallest absolute Gasteiger partial charge is 0.311 e. The molecule has 0 saturated carbocycles. The Hall–Kier alpha value is -3.15. The van der Waals surface area contributed by atoms with Gasteiger partial charge in [0, 0.05) is 24.3 Å². The third-order valence-electron chi connectivity index (χ3n) is 5.17. The van der Waals surface area contributed by atoms with Crippen molar-refractivity contribution in [2.45, 2.75) is 34.1 Å². The Bertz CT molecular complexity index is 947. The number of anilines is 2. The van der Waals surface area contributed by atoms with E-state index >= 15 is 0 Å². The third kappa shape index (κ3) is 4.65. The minimum atomic E-state index is -0.574. The monoisotopic (exact) mass is 394 g/mol. The van der Waals surface area contributed by atoms with Gasteiger partial charge in [0.1, 0.15) is 0 Å². The second kappa shape index (κ2) is 8.47. The largest absolute Gasteiger partial charge is 0.455 e. The molecule has 1 N–H and O–H groups in total. The summed E-state index contributed by atoms with van der Waals surface area (Å²) in [6.45, 7) is 7.66. The highest BCUT2D eigenvalue weighted by Gasteiger charge is 2.37. The van der Waals surface area contributed by atoms with E-state index in [0.717, 1.165) is 27.9 Å². The number of nitrogens with one attached hydrogen (secondary N) is 1. The van der Waals surface area contributed by atoms with Crippen molar-refractivity contribution in [3.8, 4) is 0 Å². The highest BCUT2D eigenvalue weighted by atomic mass is 16.5. The zero-order valence-electron chi connectivity index (χ0n) is 17.2. The van der Waals surface area contributed by atoms with Crippen molar-refractivity contribution in [3.63, 3.8) is 0 Å². The molecule has 0 unspecified atom stereocenters. The average molecular weight is 394 g/mol. The predicted octanol–water partition coefficient (Wildman–Crippen LogP) is 3.46. The molecule has 0 bridgehead atoms. The lowest BCUT2D eigenvalue weighted by atomic mass is 10.1. The van der Waals surface area contributed by atoms with Gasteiger partial charge < -0.3 is 15.0 Å². The number of benzene rings is 2. The first-order valence-electron chi connectivity index (χ1n) is 9.66. The summed E-state index contributed by atoms with van der Waals surface area (Å²) in [6.07, 6.45) is 0.0886. The van der Waals surface area contributed by atoms with E-state index in [0.29, 0.717) is 5.69 Å². The standard InChI is InChI=1S/C23H26N2O4/c1-14-8-9-19(17(4)10-14)24-20(26)13-29-23(28)18-11-21(27)25(12-18)22-15(2)6-5-7-16(22)3/h5-10,18H,11-13H2,1-4H3,(H,24,26)/t18-/m0/s1. The van der Waals surface area contributed by atoms with Crippen LogP contribution in [0.4, 0.5) is 11.4 Å². The Morgan fingerprint density at radius 2 is 1.76 bits per heavy atom. The van der Waals surface area contributed by atoms with Crippen LogP contribution in [0, 0.1) is 33.6 Å². The first-order chi connectivity index (χ1) is 13.8. The van der Waals surface area contributed by atoms with Gasteiger partial charge in [-0.15, -0.1) is 0 Å². The van der Waals surface area contributed by atoms with Crippen LogP contribution in [-0.4, -0.2) is 30.9 Å². The Morgan fingerprint density at radius 3 is 2.41 bits per heavy atom. The van der Waals surface area contributed by atoms with Gasteiger partial charge in [0.2, 0.25) is 5.91 Å². The number of rotatable bonds is 5. The molecule has 29 heavy (non-hydrogen) atoms. The molecule has 2 aromatic carbocycles. The quantitative estimate of drug-likeness (QED) is 0.788. The number of aryl methyl sites for hydroxylation is 4. The molecule has 1 saturated heterocycles. The van der Waals surface area contributed by atoms with Gasteiger partial charge >= 0.3 is 5.97 Å². The fourth-order valence-electron chi connectivity index (χ4n) is 3.71. The predicted molar refractivity (Wildman–Crippen MR) is 112 cm³/mol. The van der Waals surface area contributed by atoms with Gasteiger partial charge in [0.15, 0.2) is 6.61 Å². The topological polar surface area (TPSA) is 75.7 Å². The maximum absolute atomic E-state index is 12.5. The second-order valence-corrected chi connectivity index (χ2v) is 7.62. The lowest BCUT2D eigenvalue weighted by molar-refractivity contribution is -0.151. The van der Waals surface area contributed by atoms with Gasteiger partial charge in [-0.2, -0.15) is 0 Å². The van der Waals surface area contributed by atoms with Crippen LogP contribution in [0.2, 0.25) is 0 Å². The molecule has 1 aliphatic rings. The van der Waals surface area contributed by atoms with Gasteiger partial charge in [-0.3, -0.25) is 14.4 Å². The number of para-hydroxylation sites is 1. The number of esters is 1. The van der Waals surface area contributed by atoms with Crippen molar-refractivity contribution in [3.05, 3.63) is 58.7 Å². The number of carbonyl (C=O) groups excluding carboxylic acids is 3. The van der Waals surface area contributed by atoms with Crippen molar-refractivity contribution in [2.75, 3.05) is 23.4 Å². The highest BCUT2D eigenvalue weighted by molar-refractivity contribution is 6.01. The summed E-state index contributed by atoms with van der Waals surface area (Å²) < 4.78 is 5.19. The number of nitrogens with zero attached hydrogens (tertiary/aromatic N) is 1. The Labute approximate surface area is 170 Å². The first-order valence-corrected chi connectivity index (χ1v) is 9.66. The molecule has 1 heterocycles. The summed E-state index contributed by atoms with van der Waals surface area (Å²) in [6, 6.07) is 11.5. The highest BCUT2D eigenvalue weighted by Crippen LogP contribution is 2.31. The molecule has 152 valence electrons. The normalized spacial score (nSPS) is 16.1. The third-order valence-corrected chi connectivity index (χ3v) is 5.17. The number of carbonyl (C=O) groups is 3. The average Bonchev–Trinajstić information content (AvgIpc) is 3.03. The van der Waals surface area contributed by atoms with Crippen molar-refractivity contribution in [2.24, 2.45) is 5.92 Å². The van der Waals surface area contributed by atoms with Gasteiger partial charge in [0.25, 0.3) is 5.91 Å². The summed E-state index contributed by atoms with van der Waals surface area (Å²) in [5.74, 6) is -1.61. The number of hydrogen-bond acceptors (Lipinski definition) is 4. The fourth-order valence-corrected chi connectivity index (χ4v) is 3.71. The minimum Gasteiger partial charge on any atom is -0.455 e. The molecule has 2 aromatic rings. The van der Waals surface area contributed by atoms with Gasteiger partial charge in [-0.05, 0) is 50.5 Å². The van der Waals surface area contributed by atoms with Gasteiger partial charge in [0.05, 0.1) is 5.92 Å². The maximum Gasteiger partial charge on any atom is 0.311 e. The maximum atomic E-state index is 12.5. The molecule has 1 fully saturated rings. The molecule has 0 spiro atoms. The zero-order chi connectivity index (χ0) is 21.1. The number of ether oxygens (including phenoxy) is 1. The van der Waals surface area contributed by atoms with Crippen LogP contribution in [0.1, 0.15) is 28.7 Å². The lowest BCUT2D eigenvalue weighted by Gasteiger charge is -2.21. The molecular weight excluding hydrogens is 368 g/mol. The molecule has 3 rings (SSSR count). The first kappa shape index (κ1) is 20.6. The summed E-state index contributed by atoms with van der Waals surface area (Å²) in [5.41, 5.74) is 5.55. The molecule has 0 aliphatic carbocycles. The van der Waals surface area contributed by atoms with Gasteiger partial charge in [-0.25, -0.2) is 0 Å². The van der Waals surface area contributed by atoms with Crippen LogP contribution in [-0.2, 0) is 19.1 Å². The van der Waals surface area contributed by atoms with E-state index in [-0.39, 0.29) is 25.5 Å². The summed E-state index contributed by atoms with van der Waals surface area (Å²) in [4.78, 5) is 38.7. The van der Waals surface area contributed by atoms with E-state index in [4.69, 9.17) is 4.74 Å². The SMILES string of the molecule is Cc1ccc(NC(=O)COC(=O)[C@H]2CC(=O)N(c3c(C)cccc3C)C2)c(C)c1. The molecular formula is C23H26N2O4. The lowest BCUT2D eigenvalue weighted by Crippen LogP contribution is -2.29. The van der Waals surface area contributed by atoms with Crippen molar-refractivity contribution >= 4 is 29.2 Å². The number of amides is 2. The summed E-state index contributed by atoms with van der Waals surface area (Å²) in [5, 5.41) is 2.75. The van der Waals surface area contributed by atoms with E-state index in [2.05, 4.69) is 5.32 Å². The van der Waals surface area contributed by atoms with Crippen LogP contribution in [0.3, 0.4) is 0 Å². The van der Waals surface area contributed by atoms with Crippen LogP contribution in [0.15, 0.2) is 36.4 Å². The van der Waals surface area contributed by atoms with Crippen molar-refractivity contribution in [1.29, 1.82) is 0 Å². The fraction of sp³-hybridized carbons (Fsp3) is 0.348. The van der Waals surface area contributed by atoms with Crippen LogP contribution in [0.25, 0.3) is 0 Å². The molecule has 0 aromatic heterocycles. The summed E-state index contributed by atoms with van der Waals surface area (Å²) >= 11 is 0. The van der Waals surface area contributed by atoms with Gasteiger partial charge in [-0.1, -0.05) is 35.9 Å². The van der Waals surface area contributed by atoms with E-state index in [1.807, 2.05) is 64.1 Å². The van der Waals surface area contributed by atoms with Crippen LogP contribution in [0.5, 0.6) is 0 Å². The Balaban J connectivity index is 1.57. The molecule has 1 atom stereocenters. The minimum absolute atomic E-state index is 0.0886. The second-order valence-electron chi connectivity index (χ2n) is 7.62. The van der Waals surface area contributed by atoms with Crippen molar-refractivity contribution in [1.82, 2.24) is 0 Å². The van der Waals surface area contributed by atoms with E-state index in [1.165, 1.54) is 0 Å². The zero-order valence-corrected chi connectivity index (χ0v) is 17.2. The van der Waals surface area contributed by atoms with E-state index in [9.17, 15) is 14.4 Å². The Morgan fingerprint density at radius 1 is 1.07 bits per heavy atom. The van der Waals surface area contributed by atoms with E-state index < -0.39 is 17.8 Å². The van der Waals surface area contributed by atoms with Crippen LogP contribution < -0.4 is 10.2 Å². The molecule has 2 amide bonds. The van der Waals surface area contributed by atoms with E-state index in [1.54, 1.807) is 4.90 Å². The molecule has 6 nitrogen and oxygen atoms in total. The molecule has 1 aliphatic heterocycles. The van der Waals surface area contributed by atoms with Crippen molar-refractivity contribution < 1.29 is 19.1 Å². The Kier molecular flexibility index (Phi) is 6.01. The van der Waals surface area contributed by atoms with Crippen LogP contribution >= 0.6 is 0 Å². The number of hydrogen-bond donors (Lipinski definition) is 1. The summed E-state index contributed by atoms with van der Waals surface area (Å²) in [7, 11) is 0. The molecule has 0 radical (unpaired) electrons.